The number of aryl methyl sites for hydroxylation is 2. The minimum atomic E-state index is -3.71. The van der Waals surface area contributed by atoms with Crippen molar-refractivity contribution in [2.75, 3.05) is 24.2 Å². The van der Waals surface area contributed by atoms with Gasteiger partial charge in [-0.1, -0.05) is 48.9 Å². The molecule has 2 rings (SSSR count). The molecule has 0 aromatic heterocycles. The Balaban J connectivity index is 2.41. The van der Waals surface area contributed by atoms with Crippen molar-refractivity contribution in [3.8, 4) is 0 Å². The molecule has 0 aliphatic heterocycles. The fourth-order valence-electron chi connectivity index (χ4n) is 3.37. The van der Waals surface area contributed by atoms with Crippen molar-refractivity contribution >= 4 is 27.5 Å². The highest BCUT2D eigenvalue weighted by molar-refractivity contribution is 7.92. The Labute approximate surface area is 185 Å². The Morgan fingerprint density at radius 2 is 1.68 bits per heavy atom. The fraction of sp³-hybridized carbons (Fsp3) is 0.391. The smallest absolute Gasteiger partial charge is 0.244 e. The van der Waals surface area contributed by atoms with Crippen molar-refractivity contribution in [1.29, 1.82) is 0 Å². The molecule has 0 bridgehead atoms. The van der Waals surface area contributed by atoms with E-state index in [1.165, 1.54) is 11.9 Å². The number of carbonyl (C=O) groups is 2. The second kappa shape index (κ2) is 10.4. The molecule has 0 aliphatic carbocycles. The molecule has 0 saturated heterocycles. The molecular weight excluding hydrogens is 414 g/mol. The van der Waals surface area contributed by atoms with Crippen LogP contribution in [0, 0.1) is 13.8 Å². The molecule has 0 heterocycles. The number of benzene rings is 2. The Bertz CT molecular complexity index is 1020. The minimum Gasteiger partial charge on any atom is -0.357 e. The van der Waals surface area contributed by atoms with Crippen LogP contribution in [0.1, 0.15) is 30.0 Å². The molecule has 1 N–H and O–H groups in total. The molecule has 1 atom stereocenters. The van der Waals surface area contributed by atoms with Crippen molar-refractivity contribution in [2.24, 2.45) is 0 Å². The predicted octanol–water partition coefficient (Wildman–Crippen LogP) is 2.62. The molecule has 0 spiro atoms. The zero-order valence-electron chi connectivity index (χ0n) is 18.8. The van der Waals surface area contributed by atoms with E-state index in [2.05, 4.69) is 5.32 Å². The predicted molar refractivity (Wildman–Crippen MR) is 123 cm³/mol. The maximum Gasteiger partial charge on any atom is 0.244 e. The van der Waals surface area contributed by atoms with Crippen LogP contribution in [0.25, 0.3) is 0 Å². The summed E-state index contributed by atoms with van der Waals surface area (Å²) in [5, 5.41) is 2.60. The maximum atomic E-state index is 13.4. The van der Waals surface area contributed by atoms with Crippen LogP contribution < -0.4 is 9.62 Å². The lowest BCUT2D eigenvalue weighted by Crippen LogP contribution is -2.51. The molecule has 7 nitrogen and oxygen atoms in total. The number of hydrogen-bond acceptors (Lipinski definition) is 4. The van der Waals surface area contributed by atoms with Gasteiger partial charge in [0.2, 0.25) is 21.8 Å². The lowest BCUT2D eigenvalue weighted by molar-refractivity contribution is -0.140. The van der Waals surface area contributed by atoms with Gasteiger partial charge in [-0.25, -0.2) is 8.42 Å². The quantitative estimate of drug-likeness (QED) is 0.643. The van der Waals surface area contributed by atoms with Crippen molar-refractivity contribution < 1.29 is 18.0 Å². The molecular formula is C23H31N3O4S. The lowest BCUT2D eigenvalue weighted by atomic mass is 10.1. The molecule has 0 radical (unpaired) electrons. The summed E-state index contributed by atoms with van der Waals surface area (Å²) >= 11 is 0. The molecule has 8 heteroatoms. The number of rotatable bonds is 9. The third kappa shape index (κ3) is 6.55. The highest BCUT2D eigenvalue weighted by atomic mass is 32.2. The average Bonchev–Trinajstić information content (AvgIpc) is 2.72. The number of nitrogens with one attached hydrogen (secondary N) is 1. The molecule has 0 fully saturated rings. The van der Waals surface area contributed by atoms with E-state index in [0.717, 1.165) is 27.3 Å². The molecule has 1 unspecified atom stereocenters. The normalized spacial score (nSPS) is 12.2. The number of amides is 2. The Hall–Kier alpha value is -2.87. The van der Waals surface area contributed by atoms with Crippen molar-refractivity contribution in [1.82, 2.24) is 10.2 Å². The largest absolute Gasteiger partial charge is 0.357 e. The van der Waals surface area contributed by atoms with Crippen molar-refractivity contribution in [2.45, 2.75) is 39.8 Å². The van der Waals surface area contributed by atoms with Gasteiger partial charge in [0.1, 0.15) is 12.6 Å². The van der Waals surface area contributed by atoms with E-state index in [-0.39, 0.29) is 19.0 Å². The summed E-state index contributed by atoms with van der Waals surface area (Å²) in [6.45, 7) is 5.47. The number of hydrogen-bond donors (Lipinski definition) is 1. The second-order valence-corrected chi connectivity index (χ2v) is 9.56. The average molecular weight is 446 g/mol. The third-order valence-electron chi connectivity index (χ3n) is 5.07. The third-order valence-corrected chi connectivity index (χ3v) is 6.22. The van der Waals surface area contributed by atoms with Crippen LogP contribution in [0.2, 0.25) is 0 Å². The topological polar surface area (TPSA) is 86.8 Å². The number of anilines is 1. The van der Waals surface area contributed by atoms with E-state index >= 15 is 0 Å². The molecule has 0 aliphatic rings. The molecule has 2 aromatic rings. The van der Waals surface area contributed by atoms with Gasteiger partial charge >= 0.3 is 0 Å². The molecule has 31 heavy (non-hydrogen) atoms. The fourth-order valence-corrected chi connectivity index (χ4v) is 4.21. The number of likely N-dealkylation sites (N-methyl/N-ethyl adjacent to an activating group) is 1. The van der Waals surface area contributed by atoms with Crippen LogP contribution in [0.15, 0.2) is 48.5 Å². The van der Waals surface area contributed by atoms with E-state index in [0.29, 0.717) is 12.1 Å². The van der Waals surface area contributed by atoms with Crippen LogP contribution in [-0.2, 0) is 26.2 Å². The van der Waals surface area contributed by atoms with E-state index in [1.54, 1.807) is 18.2 Å². The Morgan fingerprint density at radius 1 is 1.03 bits per heavy atom. The van der Waals surface area contributed by atoms with Crippen molar-refractivity contribution in [3.63, 3.8) is 0 Å². The SMILES string of the molecule is CCC(C(=O)NC)N(Cc1ccc(C)cc1)C(=O)CN(c1cccc(C)c1)S(C)(=O)=O. The first-order valence-corrected chi connectivity index (χ1v) is 12.0. The van der Waals surface area contributed by atoms with Gasteiger partial charge in [-0.05, 0) is 43.5 Å². The highest BCUT2D eigenvalue weighted by Crippen LogP contribution is 2.20. The summed E-state index contributed by atoms with van der Waals surface area (Å²) in [7, 11) is -2.19. The summed E-state index contributed by atoms with van der Waals surface area (Å²) in [4.78, 5) is 27.3. The first kappa shape index (κ1) is 24.4. The molecule has 2 amide bonds. The number of carbonyl (C=O) groups excluding carboxylic acids is 2. The van der Waals surface area contributed by atoms with Crippen LogP contribution in [0.3, 0.4) is 0 Å². The maximum absolute atomic E-state index is 13.4. The van der Waals surface area contributed by atoms with Crippen LogP contribution >= 0.6 is 0 Å². The highest BCUT2D eigenvalue weighted by Gasteiger charge is 2.31. The van der Waals surface area contributed by atoms with Gasteiger partial charge < -0.3 is 10.2 Å². The molecule has 168 valence electrons. The van der Waals surface area contributed by atoms with E-state index < -0.39 is 22.0 Å². The number of nitrogens with zero attached hydrogens (tertiary/aromatic N) is 2. The van der Waals surface area contributed by atoms with Crippen LogP contribution in [0.5, 0.6) is 0 Å². The molecule has 2 aromatic carbocycles. The standard InChI is InChI=1S/C23H31N3O4S/c1-6-21(23(28)24-4)25(15-19-12-10-17(2)11-13-19)22(27)16-26(31(5,29)30)20-9-7-8-18(3)14-20/h7-14,21H,6,15-16H2,1-5H3,(H,24,28). The van der Waals surface area contributed by atoms with Gasteiger partial charge in [0.05, 0.1) is 11.9 Å². The summed E-state index contributed by atoms with van der Waals surface area (Å²) in [6.07, 6.45) is 1.48. The van der Waals surface area contributed by atoms with Crippen LogP contribution in [-0.4, -0.2) is 51.0 Å². The van der Waals surface area contributed by atoms with Crippen LogP contribution in [0.4, 0.5) is 5.69 Å². The second-order valence-electron chi connectivity index (χ2n) is 7.65. The monoisotopic (exact) mass is 445 g/mol. The van der Waals surface area contributed by atoms with Gasteiger partial charge in [-0.3, -0.25) is 13.9 Å². The lowest BCUT2D eigenvalue weighted by Gasteiger charge is -2.32. The summed E-state index contributed by atoms with van der Waals surface area (Å²) < 4.78 is 26.1. The van der Waals surface area contributed by atoms with Gasteiger partial charge in [0.15, 0.2) is 0 Å². The molecule has 0 saturated carbocycles. The zero-order valence-corrected chi connectivity index (χ0v) is 19.6. The Morgan fingerprint density at radius 3 is 2.19 bits per heavy atom. The van der Waals surface area contributed by atoms with Gasteiger partial charge in [0, 0.05) is 13.6 Å². The summed E-state index contributed by atoms with van der Waals surface area (Å²) in [5.41, 5.74) is 3.25. The van der Waals surface area contributed by atoms with E-state index in [4.69, 9.17) is 0 Å². The van der Waals surface area contributed by atoms with E-state index in [9.17, 15) is 18.0 Å². The van der Waals surface area contributed by atoms with Crippen molar-refractivity contribution in [3.05, 3.63) is 65.2 Å². The summed E-state index contributed by atoms with van der Waals surface area (Å²) in [5.74, 6) is -0.729. The minimum absolute atomic E-state index is 0.205. The zero-order chi connectivity index (χ0) is 23.2. The first-order chi connectivity index (χ1) is 14.6. The van der Waals surface area contributed by atoms with Gasteiger partial charge in [-0.2, -0.15) is 0 Å². The Kier molecular flexibility index (Phi) is 8.21. The van der Waals surface area contributed by atoms with Gasteiger partial charge in [-0.15, -0.1) is 0 Å². The summed E-state index contributed by atoms with van der Waals surface area (Å²) in [6, 6.07) is 13.9. The van der Waals surface area contributed by atoms with E-state index in [1.807, 2.05) is 51.1 Å². The first-order valence-electron chi connectivity index (χ1n) is 10.2. The van der Waals surface area contributed by atoms with Gasteiger partial charge in [0.25, 0.3) is 0 Å². The number of sulfonamides is 1.